The summed E-state index contributed by atoms with van der Waals surface area (Å²) in [6.45, 7) is 14.5. The van der Waals surface area contributed by atoms with Gasteiger partial charge < -0.3 is 29.9 Å². The molecule has 42 heavy (non-hydrogen) atoms. The Morgan fingerprint density at radius 3 is 2.02 bits per heavy atom. The fraction of sp³-hybridized carbons (Fsp3) is 0.875. The van der Waals surface area contributed by atoms with Crippen LogP contribution < -0.4 is 10.6 Å². The average Bonchev–Trinajstić information content (AvgIpc) is 3.44. The third kappa shape index (κ3) is 9.48. The van der Waals surface area contributed by atoms with E-state index in [0.29, 0.717) is 6.54 Å². The van der Waals surface area contributed by atoms with E-state index in [0.717, 1.165) is 19.3 Å². The first-order valence-electron chi connectivity index (χ1n) is 15.7. The van der Waals surface area contributed by atoms with Crippen LogP contribution in [0.25, 0.3) is 0 Å². The van der Waals surface area contributed by atoms with Crippen LogP contribution in [-0.2, 0) is 28.7 Å². The summed E-state index contributed by atoms with van der Waals surface area (Å²) in [5, 5.41) is 5.79. The zero-order valence-corrected chi connectivity index (χ0v) is 28.4. The quantitative estimate of drug-likeness (QED) is 0.250. The monoisotopic (exact) mass is 596 g/mol. The number of ether oxygens (including phenoxy) is 2. The van der Waals surface area contributed by atoms with Crippen LogP contribution in [0.4, 0.5) is 0 Å². The van der Waals surface area contributed by atoms with Crippen LogP contribution in [0, 0.1) is 29.6 Å². The number of hydrogen-bond donors (Lipinski definition) is 2. The average molecular weight is 597 g/mol. The number of nitrogens with zero attached hydrogens (tertiary/aromatic N) is 2. The zero-order chi connectivity index (χ0) is 32.3. The van der Waals surface area contributed by atoms with Gasteiger partial charge in [0, 0.05) is 47.2 Å². The Kier molecular flexibility index (Phi) is 16.2. The van der Waals surface area contributed by atoms with Gasteiger partial charge in [0.1, 0.15) is 0 Å². The molecule has 1 fully saturated rings. The number of rotatable bonds is 18. The third-order valence-electron chi connectivity index (χ3n) is 9.37. The molecule has 1 saturated heterocycles. The molecule has 0 bridgehead atoms. The first kappa shape index (κ1) is 38.0. The van der Waals surface area contributed by atoms with Gasteiger partial charge in [-0.3, -0.25) is 19.2 Å². The lowest BCUT2D eigenvalue weighted by atomic mass is 9.84. The Hall–Kier alpha value is -2.04. The molecule has 0 saturated carbocycles. The van der Waals surface area contributed by atoms with Gasteiger partial charge in [0.05, 0.1) is 42.7 Å². The van der Waals surface area contributed by atoms with Crippen molar-refractivity contribution in [1.29, 1.82) is 0 Å². The van der Waals surface area contributed by atoms with E-state index in [1.165, 1.54) is 0 Å². The van der Waals surface area contributed by atoms with E-state index in [1.54, 1.807) is 40.3 Å². The van der Waals surface area contributed by atoms with Crippen LogP contribution >= 0.6 is 0 Å². The summed E-state index contributed by atoms with van der Waals surface area (Å²) in [4.78, 5) is 56.9. The highest BCUT2D eigenvalue weighted by Crippen LogP contribution is 2.30. The molecule has 0 spiro atoms. The van der Waals surface area contributed by atoms with Gasteiger partial charge in [0.15, 0.2) is 5.78 Å². The summed E-state index contributed by atoms with van der Waals surface area (Å²) in [6, 6.07) is -0.886. The maximum Gasteiger partial charge on any atom is 0.226 e. The Morgan fingerprint density at radius 1 is 0.952 bits per heavy atom. The van der Waals surface area contributed by atoms with E-state index in [2.05, 4.69) is 24.5 Å². The molecule has 8 atom stereocenters. The van der Waals surface area contributed by atoms with Crippen LogP contribution in [0.3, 0.4) is 0 Å². The smallest absolute Gasteiger partial charge is 0.226 e. The van der Waals surface area contributed by atoms with Gasteiger partial charge in [-0.1, -0.05) is 54.9 Å². The predicted octanol–water partition coefficient (Wildman–Crippen LogP) is 3.13. The zero-order valence-electron chi connectivity index (χ0n) is 28.4. The van der Waals surface area contributed by atoms with Gasteiger partial charge in [0.2, 0.25) is 17.7 Å². The topological polar surface area (TPSA) is 117 Å². The molecule has 3 amide bonds. The first-order chi connectivity index (χ1) is 19.7. The Morgan fingerprint density at radius 2 is 1.57 bits per heavy atom. The van der Waals surface area contributed by atoms with Crippen molar-refractivity contribution < 1.29 is 28.7 Å². The molecular formula is C32H60N4O6. The molecule has 10 nitrogen and oxygen atoms in total. The third-order valence-corrected chi connectivity index (χ3v) is 9.37. The molecule has 10 heteroatoms. The minimum atomic E-state index is -0.538. The standard InChI is InChI=1S/C32H60N4O6/c1-13-21(6)29(35(10)32(40)23(19(2)3)17-25(37)28(33-8)20(4)5)26(41-11)18-27(38)36-16-14-15-24(36)30(42-12)22(7)31(39)34-9/h19-24,26,28-30,33H,13-18H2,1-12H3,(H,34,39)/t21-,22-,23+,24+,26-,28+,29+,30-/m1/s1. The van der Waals surface area contributed by atoms with Gasteiger partial charge >= 0.3 is 0 Å². The molecule has 0 aromatic heterocycles. The summed E-state index contributed by atoms with van der Waals surface area (Å²) in [6.07, 6.45) is 1.67. The lowest BCUT2D eigenvalue weighted by Gasteiger charge is -2.41. The Labute approximate surface area is 255 Å². The summed E-state index contributed by atoms with van der Waals surface area (Å²) in [5.74, 6) is -1.03. The van der Waals surface area contributed by atoms with E-state index in [1.807, 2.05) is 39.5 Å². The number of amides is 3. The normalized spacial score (nSPS) is 20.5. The van der Waals surface area contributed by atoms with Crippen LogP contribution in [0.5, 0.6) is 0 Å². The maximum atomic E-state index is 14.0. The fourth-order valence-electron chi connectivity index (χ4n) is 6.61. The highest BCUT2D eigenvalue weighted by atomic mass is 16.5. The van der Waals surface area contributed by atoms with Crippen molar-refractivity contribution in [2.24, 2.45) is 29.6 Å². The molecule has 0 aliphatic carbocycles. The second kappa shape index (κ2) is 17.9. The molecule has 244 valence electrons. The van der Waals surface area contributed by atoms with Crippen molar-refractivity contribution in [1.82, 2.24) is 20.4 Å². The van der Waals surface area contributed by atoms with Crippen molar-refractivity contribution in [3.63, 3.8) is 0 Å². The number of methoxy groups -OCH3 is 2. The SMILES string of the molecule is CC[C@@H](C)[C@@H]([C@@H](CC(=O)N1CCC[C@H]1[C@H](OC)[C@@H](C)C(=O)NC)OC)N(C)C(=O)[C@@H](CC(=O)[C@@H](NC)C(C)C)C(C)C. The lowest BCUT2D eigenvalue weighted by molar-refractivity contribution is -0.149. The number of ketones is 1. The van der Waals surface area contributed by atoms with Gasteiger partial charge in [-0.05, 0) is 37.6 Å². The van der Waals surface area contributed by atoms with Crippen LogP contribution in [-0.4, -0.2) is 106 Å². The first-order valence-corrected chi connectivity index (χ1v) is 15.7. The van der Waals surface area contributed by atoms with Gasteiger partial charge in [-0.15, -0.1) is 0 Å². The molecule has 1 aliphatic heterocycles. The van der Waals surface area contributed by atoms with Crippen molar-refractivity contribution >= 4 is 23.5 Å². The maximum absolute atomic E-state index is 14.0. The highest BCUT2D eigenvalue weighted by molar-refractivity contribution is 5.90. The van der Waals surface area contributed by atoms with Crippen LogP contribution in [0.15, 0.2) is 0 Å². The van der Waals surface area contributed by atoms with Crippen LogP contribution in [0.1, 0.15) is 80.6 Å². The van der Waals surface area contributed by atoms with Gasteiger partial charge in [-0.2, -0.15) is 0 Å². The van der Waals surface area contributed by atoms with Gasteiger partial charge in [-0.25, -0.2) is 0 Å². The highest BCUT2D eigenvalue weighted by Gasteiger charge is 2.42. The number of nitrogens with one attached hydrogen (secondary N) is 2. The van der Waals surface area contributed by atoms with Crippen molar-refractivity contribution in [3.05, 3.63) is 0 Å². The minimum Gasteiger partial charge on any atom is -0.379 e. The summed E-state index contributed by atoms with van der Waals surface area (Å²) in [5.41, 5.74) is 0. The van der Waals surface area contributed by atoms with Crippen molar-refractivity contribution in [2.45, 2.75) is 111 Å². The largest absolute Gasteiger partial charge is 0.379 e. The number of likely N-dealkylation sites (tertiary alicyclic amines) is 1. The summed E-state index contributed by atoms with van der Waals surface area (Å²) in [7, 11) is 8.32. The summed E-state index contributed by atoms with van der Waals surface area (Å²) >= 11 is 0. The predicted molar refractivity (Wildman–Crippen MR) is 166 cm³/mol. The fourth-order valence-corrected chi connectivity index (χ4v) is 6.61. The molecule has 1 aliphatic rings. The van der Waals surface area contributed by atoms with Crippen molar-refractivity contribution in [3.8, 4) is 0 Å². The molecule has 1 heterocycles. The number of carbonyl (C=O) groups excluding carboxylic acids is 4. The molecule has 1 rings (SSSR count). The summed E-state index contributed by atoms with van der Waals surface area (Å²) < 4.78 is 11.7. The molecular weight excluding hydrogens is 536 g/mol. The van der Waals surface area contributed by atoms with Crippen LogP contribution in [0.2, 0.25) is 0 Å². The number of hydrogen-bond acceptors (Lipinski definition) is 7. The van der Waals surface area contributed by atoms with E-state index in [9.17, 15) is 19.2 Å². The number of likely N-dealkylation sites (N-methyl/N-ethyl adjacent to an activating group) is 2. The second-order valence-electron chi connectivity index (χ2n) is 12.7. The van der Waals surface area contributed by atoms with E-state index in [4.69, 9.17) is 9.47 Å². The molecule has 0 unspecified atom stereocenters. The number of carbonyl (C=O) groups is 4. The number of Topliss-reactive ketones (excluding diaryl/α,β-unsaturated/α-hetero) is 1. The second-order valence-corrected chi connectivity index (χ2v) is 12.7. The minimum absolute atomic E-state index is 0.0327. The molecule has 0 aromatic carbocycles. The van der Waals surface area contributed by atoms with E-state index >= 15 is 0 Å². The molecule has 0 aromatic rings. The van der Waals surface area contributed by atoms with E-state index < -0.39 is 24.0 Å². The Balaban J connectivity index is 3.24. The van der Waals surface area contributed by atoms with Crippen molar-refractivity contribution in [2.75, 3.05) is 41.9 Å². The Bertz CT molecular complexity index is 881. The lowest BCUT2D eigenvalue weighted by Crippen LogP contribution is -2.54. The molecule has 0 radical (unpaired) electrons. The van der Waals surface area contributed by atoms with E-state index in [-0.39, 0.29) is 72.2 Å². The molecule has 2 N–H and O–H groups in total. The van der Waals surface area contributed by atoms with Gasteiger partial charge in [0.25, 0.3) is 0 Å².